The van der Waals surface area contributed by atoms with Crippen LogP contribution in [-0.2, 0) is 16.2 Å². The summed E-state index contributed by atoms with van der Waals surface area (Å²) in [5.41, 5.74) is 0.448. The van der Waals surface area contributed by atoms with Crippen LogP contribution in [0.25, 0.3) is 0 Å². The third-order valence-corrected chi connectivity index (χ3v) is 1.68. The molecule has 5 nitrogen and oxygen atoms in total. The van der Waals surface area contributed by atoms with Crippen molar-refractivity contribution >= 4 is 5.97 Å². The van der Waals surface area contributed by atoms with Gasteiger partial charge in [-0.05, 0) is 20.8 Å². The van der Waals surface area contributed by atoms with E-state index in [0.29, 0.717) is 18.9 Å². The number of rotatable bonds is 5. The fourth-order valence-corrected chi connectivity index (χ4v) is 0.979. The molecule has 0 amide bonds. The van der Waals surface area contributed by atoms with Crippen molar-refractivity contribution in [3.63, 3.8) is 0 Å². The zero-order valence-corrected chi connectivity index (χ0v) is 9.27. The van der Waals surface area contributed by atoms with Crippen LogP contribution in [0.4, 0.5) is 0 Å². The fraction of sp³-hybridized carbons (Fsp3) is 0.600. The zero-order chi connectivity index (χ0) is 11.3. The number of aromatic nitrogens is 2. The monoisotopic (exact) mass is 212 g/mol. The molecule has 0 aromatic carbocycles. The molecule has 15 heavy (non-hydrogen) atoms. The van der Waals surface area contributed by atoms with E-state index in [1.54, 1.807) is 17.8 Å². The second-order valence-corrected chi connectivity index (χ2v) is 3.33. The van der Waals surface area contributed by atoms with Crippen molar-refractivity contribution in [1.29, 1.82) is 0 Å². The number of carbonyl (C=O) groups is 1. The highest BCUT2D eigenvalue weighted by Gasteiger charge is 2.09. The highest BCUT2D eigenvalue weighted by molar-refractivity contribution is 5.88. The molecule has 0 atom stereocenters. The van der Waals surface area contributed by atoms with Gasteiger partial charge in [0.1, 0.15) is 6.73 Å². The van der Waals surface area contributed by atoms with Gasteiger partial charge in [0.25, 0.3) is 0 Å². The topological polar surface area (TPSA) is 53.3 Å². The molecular weight excluding hydrogens is 196 g/mol. The van der Waals surface area contributed by atoms with Gasteiger partial charge in [0.05, 0.1) is 24.5 Å². The maximum atomic E-state index is 11.3. The number of esters is 1. The van der Waals surface area contributed by atoms with Crippen LogP contribution < -0.4 is 0 Å². The summed E-state index contributed by atoms with van der Waals surface area (Å²) in [5.74, 6) is -0.353. The lowest BCUT2D eigenvalue weighted by molar-refractivity contribution is 0.0220. The number of nitrogens with zero attached hydrogens (tertiary/aromatic N) is 2. The Kier molecular flexibility index (Phi) is 4.30. The average Bonchev–Trinajstić information content (AvgIpc) is 2.63. The van der Waals surface area contributed by atoms with Gasteiger partial charge in [-0.1, -0.05) is 0 Å². The summed E-state index contributed by atoms with van der Waals surface area (Å²) < 4.78 is 11.7. The van der Waals surface area contributed by atoms with Crippen molar-refractivity contribution in [3.8, 4) is 0 Å². The quantitative estimate of drug-likeness (QED) is 0.693. The van der Waals surface area contributed by atoms with Crippen molar-refractivity contribution < 1.29 is 14.3 Å². The SMILES string of the molecule is CCOC(=O)c1cnn(COC(C)C)c1. The summed E-state index contributed by atoms with van der Waals surface area (Å²) >= 11 is 0. The molecule has 0 unspecified atom stereocenters. The largest absolute Gasteiger partial charge is 0.462 e. The number of ether oxygens (including phenoxy) is 2. The van der Waals surface area contributed by atoms with Crippen molar-refractivity contribution in [3.05, 3.63) is 18.0 Å². The van der Waals surface area contributed by atoms with Crippen LogP contribution in [0.15, 0.2) is 12.4 Å². The Bertz CT molecular complexity index is 320. The fourth-order valence-electron chi connectivity index (χ4n) is 0.979. The Morgan fingerprint density at radius 2 is 2.33 bits per heavy atom. The normalized spacial score (nSPS) is 10.7. The lowest BCUT2D eigenvalue weighted by atomic mass is 10.4. The lowest BCUT2D eigenvalue weighted by Crippen LogP contribution is -2.09. The molecule has 0 saturated heterocycles. The van der Waals surface area contributed by atoms with E-state index in [2.05, 4.69) is 5.10 Å². The van der Waals surface area contributed by atoms with E-state index < -0.39 is 0 Å². The Morgan fingerprint density at radius 1 is 1.60 bits per heavy atom. The summed E-state index contributed by atoms with van der Waals surface area (Å²) in [6.07, 6.45) is 3.22. The van der Waals surface area contributed by atoms with Gasteiger partial charge in [-0.2, -0.15) is 5.10 Å². The first-order valence-electron chi connectivity index (χ1n) is 4.94. The number of carbonyl (C=O) groups excluding carboxylic acids is 1. The van der Waals surface area contributed by atoms with Crippen LogP contribution in [0.1, 0.15) is 31.1 Å². The van der Waals surface area contributed by atoms with Gasteiger partial charge in [-0.15, -0.1) is 0 Å². The summed E-state index contributed by atoms with van der Waals surface area (Å²) in [6, 6.07) is 0. The maximum absolute atomic E-state index is 11.3. The highest BCUT2D eigenvalue weighted by atomic mass is 16.5. The molecular formula is C10H16N2O3. The van der Waals surface area contributed by atoms with Crippen LogP contribution >= 0.6 is 0 Å². The maximum Gasteiger partial charge on any atom is 0.341 e. The van der Waals surface area contributed by atoms with Crippen LogP contribution in [-0.4, -0.2) is 28.5 Å². The molecule has 0 bridgehead atoms. The van der Waals surface area contributed by atoms with E-state index in [9.17, 15) is 4.79 Å². The lowest BCUT2D eigenvalue weighted by Gasteiger charge is -2.06. The second-order valence-electron chi connectivity index (χ2n) is 3.33. The number of hydrogen-bond donors (Lipinski definition) is 0. The van der Waals surface area contributed by atoms with Crippen molar-refractivity contribution in [2.75, 3.05) is 6.61 Å². The molecule has 1 rings (SSSR count). The zero-order valence-electron chi connectivity index (χ0n) is 9.27. The Hall–Kier alpha value is -1.36. The van der Waals surface area contributed by atoms with E-state index in [0.717, 1.165) is 0 Å². The standard InChI is InChI=1S/C10H16N2O3/c1-4-14-10(13)9-5-11-12(6-9)7-15-8(2)3/h5-6,8H,4,7H2,1-3H3. The Labute approximate surface area is 89.0 Å². The van der Waals surface area contributed by atoms with Crippen LogP contribution in [0.2, 0.25) is 0 Å². The third kappa shape index (κ3) is 3.71. The van der Waals surface area contributed by atoms with E-state index in [4.69, 9.17) is 9.47 Å². The molecule has 0 aliphatic heterocycles. The Morgan fingerprint density at radius 3 is 2.93 bits per heavy atom. The van der Waals surface area contributed by atoms with E-state index >= 15 is 0 Å². The first-order chi connectivity index (χ1) is 7.13. The van der Waals surface area contributed by atoms with Gasteiger partial charge >= 0.3 is 5.97 Å². The van der Waals surface area contributed by atoms with E-state index in [1.807, 2.05) is 13.8 Å². The second kappa shape index (κ2) is 5.50. The van der Waals surface area contributed by atoms with Gasteiger partial charge in [-0.25, -0.2) is 9.48 Å². The van der Waals surface area contributed by atoms with E-state index in [1.165, 1.54) is 6.20 Å². The van der Waals surface area contributed by atoms with Gasteiger partial charge in [0.2, 0.25) is 0 Å². The van der Waals surface area contributed by atoms with Crippen LogP contribution in [0, 0.1) is 0 Å². The molecule has 1 heterocycles. The predicted molar refractivity (Wildman–Crippen MR) is 54.4 cm³/mol. The Balaban J connectivity index is 2.52. The molecule has 1 aromatic heterocycles. The molecule has 0 aliphatic rings. The van der Waals surface area contributed by atoms with Crippen molar-refractivity contribution in [2.24, 2.45) is 0 Å². The predicted octanol–water partition coefficient (Wildman–Crippen LogP) is 1.44. The third-order valence-electron chi connectivity index (χ3n) is 1.68. The molecule has 84 valence electrons. The summed E-state index contributed by atoms with van der Waals surface area (Å²) in [6.45, 7) is 6.36. The van der Waals surface area contributed by atoms with Gasteiger partial charge in [-0.3, -0.25) is 0 Å². The minimum Gasteiger partial charge on any atom is -0.462 e. The van der Waals surface area contributed by atoms with E-state index in [-0.39, 0.29) is 12.1 Å². The molecule has 0 radical (unpaired) electrons. The summed E-state index contributed by atoms with van der Waals surface area (Å²) in [4.78, 5) is 11.3. The molecule has 0 spiro atoms. The summed E-state index contributed by atoms with van der Waals surface area (Å²) in [7, 11) is 0. The van der Waals surface area contributed by atoms with Gasteiger partial charge in [0.15, 0.2) is 0 Å². The summed E-state index contributed by atoms with van der Waals surface area (Å²) in [5, 5.41) is 3.98. The molecule has 1 aromatic rings. The molecule has 0 N–H and O–H groups in total. The minimum atomic E-state index is -0.353. The minimum absolute atomic E-state index is 0.139. The van der Waals surface area contributed by atoms with Crippen LogP contribution in [0.5, 0.6) is 0 Å². The molecule has 5 heteroatoms. The van der Waals surface area contributed by atoms with Gasteiger partial charge < -0.3 is 9.47 Å². The molecule has 0 fully saturated rings. The highest BCUT2D eigenvalue weighted by Crippen LogP contribution is 2.01. The molecule has 0 aliphatic carbocycles. The van der Waals surface area contributed by atoms with Crippen molar-refractivity contribution in [2.45, 2.75) is 33.6 Å². The number of hydrogen-bond acceptors (Lipinski definition) is 4. The van der Waals surface area contributed by atoms with Gasteiger partial charge in [0, 0.05) is 6.20 Å². The smallest absolute Gasteiger partial charge is 0.341 e. The van der Waals surface area contributed by atoms with Crippen LogP contribution in [0.3, 0.4) is 0 Å². The first-order valence-corrected chi connectivity index (χ1v) is 4.94. The van der Waals surface area contributed by atoms with Crippen molar-refractivity contribution in [1.82, 2.24) is 9.78 Å². The average molecular weight is 212 g/mol. The first kappa shape index (κ1) is 11.7. The molecule has 0 saturated carbocycles.